The van der Waals surface area contributed by atoms with Crippen LogP contribution in [0.2, 0.25) is 0 Å². The zero-order valence-electron chi connectivity index (χ0n) is 12.5. The molecular weight excluding hydrogens is 304 g/mol. The van der Waals surface area contributed by atoms with Crippen molar-refractivity contribution in [3.8, 4) is 5.75 Å². The van der Waals surface area contributed by atoms with E-state index in [1.165, 1.54) is 37.4 Å². The van der Waals surface area contributed by atoms with Crippen LogP contribution in [0.4, 0.5) is 0 Å². The third-order valence-electron chi connectivity index (χ3n) is 3.23. The molecule has 0 bridgehead atoms. The molecule has 0 aliphatic rings. The molecule has 0 fully saturated rings. The van der Waals surface area contributed by atoms with Crippen molar-refractivity contribution < 1.29 is 22.1 Å². The summed E-state index contributed by atoms with van der Waals surface area (Å²) in [5, 5.41) is 0. The van der Waals surface area contributed by atoms with E-state index < -0.39 is 16.1 Å². The summed E-state index contributed by atoms with van der Waals surface area (Å²) in [5.41, 5.74) is 2.06. The molecule has 2 aromatic carbocycles. The number of carbonyl (C=O) groups excluding carboxylic acids is 1. The fourth-order valence-corrected chi connectivity index (χ4v) is 2.85. The van der Waals surface area contributed by atoms with Crippen LogP contribution in [0.1, 0.15) is 21.5 Å². The number of aryl methyl sites for hydroxylation is 2. The zero-order chi connectivity index (χ0) is 16.3. The monoisotopic (exact) mass is 320 g/mol. The fraction of sp³-hybridized carbons (Fsp3) is 0.188. The molecule has 0 saturated heterocycles. The Hall–Kier alpha value is -2.34. The lowest BCUT2D eigenvalue weighted by atomic mass is 10.1. The average Bonchev–Trinajstić information content (AvgIpc) is 2.49. The Morgan fingerprint density at radius 2 is 1.73 bits per heavy atom. The van der Waals surface area contributed by atoms with Crippen LogP contribution in [0, 0.1) is 13.8 Å². The minimum atomic E-state index is -3.95. The van der Waals surface area contributed by atoms with Gasteiger partial charge < -0.3 is 8.92 Å². The molecule has 0 saturated carbocycles. The summed E-state index contributed by atoms with van der Waals surface area (Å²) in [6.45, 7) is 3.72. The molecule has 0 unspecified atom stereocenters. The minimum Gasteiger partial charge on any atom is -0.465 e. The maximum atomic E-state index is 12.3. The Labute approximate surface area is 129 Å². The van der Waals surface area contributed by atoms with Crippen molar-refractivity contribution in [3.05, 3.63) is 59.2 Å². The number of benzene rings is 2. The molecule has 0 amide bonds. The molecule has 2 rings (SSSR count). The van der Waals surface area contributed by atoms with E-state index in [0.717, 1.165) is 11.1 Å². The van der Waals surface area contributed by atoms with E-state index in [1.54, 1.807) is 12.1 Å². The summed E-state index contributed by atoms with van der Waals surface area (Å²) < 4.78 is 34.2. The van der Waals surface area contributed by atoms with Gasteiger partial charge in [-0.05, 0) is 55.3 Å². The highest BCUT2D eigenvalue weighted by atomic mass is 32.2. The maximum Gasteiger partial charge on any atom is 0.339 e. The standard InChI is InChI=1S/C16H16O5S/c1-11-7-8-15(9-12(11)2)22(18,19)21-14-6-4-5-13(10-14)16(17)20-3/h4-10H,1-3H3. The van der Waals surface area contributed by atoms with Crippen LogP contribution in [-0.4, -0.2) is 21.5 Å². The predicted molar refractivity (Wildman–Crippen MR) is 81.5 cm³/mol. The van der Waals surface area contributed by atoms with E-state index in [1.807, 2.05) is 13.8 Å². The van der Waals surface area contributed by atoms with Gasteiger partial charge in [-0.3, -0.25) is 0 Å². The Morgan fingerprint density at radius 3 is 2.36 bits per heavy atom. The topological polar surface area (TPSA) is 69.7 Å². The summed E-state index contributed by atoms with van der Waals surface area (Å²) in [4.78, 5) is 11.5. The van der Waals surface area contributed by atoms with Gasteiger partial charge in [0.2, 0.25) is 0 Å². The van der Waals surface area contributed by atoms with Gasteiger partial charge in [0.05, 0.1) is 12.7 Å². The van der Waals surface area contributed by atoms with Crippen LogP contribution < -0.4 is 4.18 Å². The highest BCUT2D eigenvalue weighted by Gasteiger charge is 2.18. The van der Waals surface area contributed by atoms with Crippen LogP contribution in [0.5, 0.6) is 5.75 Å². The molecule has 2 aromatic rings. The Kier molecular flexibility index (Phi) is 4.51. The number of ether oxygens (including phenoxy) is 1. The average molecular weight is 320 g/mol. The molecule has 0 spiro atoms. The molecule has 0 aliphatic carbocycles. The number of hydrogen-bond acceptors (Lipinski definition) is 5. The van der Waals surface area contributed by atoms with E-state index in [4.69, 9.17) is 4.18 Å². The Bertz CT molecular complexity index is 809. The first kappa shape index (κ1) is 16.0. The molecule has 0 aromatic heterocycles. The lowest BCUT2D eigenvalue weighted by molar-refractivity contribution is 0.0600. The zero-order valence-corrected chi connectivity index (χ0v) is 13.3. The fourth-order valence-electron chi connectivity index (χ4n) is 1.84. The molecule has 0 radical (unpaired) electrons. The van der Waals surface area contributed by atoms with Crippen molar-refractivity contribution in [3.63, 3.8) is 0 Å². The van der Waals surface area contributed by atoms with Gasteiger partial charge in [-0.1, -0.05) is 12.1 Å². The summed E-state index contributed by atoms with van der Waals surface area (Å²) in [7, 11) is -2.70. The molecule has 0 N–H and O–H groups in total. The number of methoxy groups -OCH3 is 1. The second-order valence-electron chi connectivity index (χ2n) is 4.80. The van der Waals surface area contributed by atoms with Crippen molar-refractivity contribution in [2.24, 2.45) is 0 Å². The van der Waals surface area contributed by atoms with Crippen LogP contribution in [-0.2, 0) is 14.9 Å². The largest absolute Gasteiger partial charge is 0.465 e. The summed E-state index contributed by atoms with van der Waals surface area (Å²) in [5.74, 6) is -0.504. The SMILES string of the molecule is COC(=O)c1cccc(OS(=O)(=O)c2ccc(C)c(C)c2)c1. The van der Waals surface area contributed by atoms with E-state index >= 15 is 0 Å². The van der Waals surface area contributed by atoms with Gasteiger partial charge in [-0.2, -0.15) is 8.42 Å². The number of carbonyl (C=O) groups is 1. The lowest BCUT2D eigenvalue weighted by Gasteiger charge is -2.09. The molecule has 22 heavy (non-hydrogen) atoms. The van der Waals surface area contributed by atoms with Gasteiger partial charge in [0, 0.05) is 0 Å². The molecular formula is C16H16O5S. The van der Waals surface area contributed by atoms with Crippen molar-refractivity contribution in [2.75, 3.05) is 7.11 Å². The first-order valence-electron chi connectivity index (χ1n) is 6.53. The molecule has 6 heteroatoms. The highest BCUT2D eigenvalue weighted by Crippen LogP contribution is 2.21. The van der Waals surface area contributed by atoms with Crippen LogP contribution in [0.3, 0.4) is 0 Å². The van der Waals surface area contributed by atoms with Gasteiger partial charge in [0.25, 0.3) is 0 Å². The van der Waals surface area contributed by atoms with Gasteiger partial charge in [0.1, 0.15) is 10.6 Å². The van der Waals surface area contributed by atoms with Gasteiger partial charge in [0.15, 0.2) is 0 Å². The molecule has 5 nitrogen and oxygen atoms in total. The number of esters is 1. The van der Waals surface area contributed by atoms with Gasteiger partial charge in [-0.15, -0.1) is 0 Å². The molecule has 0 atom stereocenters. The third-order valence-corrected chi connectivity index (χ3v) is 4.47. The second kappa shape index (κ2) is 6.19. The minimum absolute atomic E-state index is 0.0566. The van der Waals surface area contributed by atoms with Crippen LogP contribution in [0.15, 0.2) is 47.4 Å². The van der Waals surface area contributed by atoms with Crippen LogP contribution >= 0.6 is 0 Å². The Balaban J connectivity index is 2.32. The third kappa shape index (κ3) is 3.46. The quantitative estimate of drug-likeness (QED) is 0.640. The summed E-state index contributed by atoms with van der Waals surface area (Å²) in [6, 6.07) is 10.6. The van der Waals surface area contributed by atoms with Crippen molar-refractivity contribution in [1.82, 2.24) is 0 Å². The van der Waals surface area contributed by atoms with E-state index in [0.29, 0.717) is 0 Å². The van der Waals surface area contributed by atoms with Crippen molar-refractivity contribution in [2.45, 2.75) is 18.7 Å². The Morgan fingerprint density at radius 1 is 1.00 bits per heavy atom. The van der Waals surface area contributed by atoms with E-state index in [-0.39, 0.29) is 16.2 Å². The maximum absolute atomic E-state index is 12.3. The molecule has 0 heterocycles. The molecule has 116 valence electrons. The van der Waals surface area contributed by atoms with Gasteiger partial charge in [-0.25, -0.2) is 4.79 Å². The predicted octanol–water partition coefficient (Wildman–Crippen LogP) is 2.86. The lowest BCUT2D eigenvalue weighted by Crippen LogP contribution is -2.11. The summed E-state index contributed by atoms with van der Waals surface area (Å²) >= 11 is 0. The smallest absolute Gasteiger partial charge is 0.339 e. The van der Waals surface area contributed by atoms with Gasteiger partial charge >= 0.3 is 16.1 Å². The number of rotatable bonds is 4. The highest BCUT2D eigenvalue weighted by molar-refractivity contribution is 7.87. The van der Waals surface area contributed by atoms with Crippen LogP contribution in [0.25, 0.3) is 0 Å². The molecule has 0 aliphatic heterocycles. The van der Waals surface area contributed by atoms with Crippen molar-refractivity contribution >= 4 is 16.1 Å². The number of hydrogen-bond donors (Lipinski definition) is 0. The first-order chi connectivity index (χ1) is 10.3. The van der Waals surface area contributed by atoms with Crippen molar-refractivity contribution in [1.29, 1.82) is 0 Å². The van der Waals surface area contributed by atoms with E-state index in [2.05, 4.69) is 4.74 Å². The van der Waals surface area contributed by atoms with E-state index in [9.17, 15) is 13.2 Å². The summed E-state index contributed by atoms with van der Waals surface area (Å²) in [6.07, 6.45) is 0. The normalized spacial score (nSPS) is 11.0. The second-order valence-corrected chi connectivity index (χ2v) is 6.35. The first-order valence-corrected chi connectivity index (χ1v) is 7.94.